The van der Waals surface area contributed by atoms with Gasteiger partial charge < -0.3 is 15.4 Å². The molecule has 1 atom stereocenters. The Morgan fingerprint density at radius 2 is 1.95 bits per heavy atom. The third kappa shape index (κ3) is 4.22. The molecule has 1 fully saturated rings. The molecule has 1 aliphatic carbocycles. The Kier molecular flexibility index (Phi) is 5.86. The zero-order chi connectivity index (χ0) is 14.4. The summed E-state index contributed by atoms with van der Waals surface area (Å²) in [5.41, 5.74) is 7.54. The van der Waals surface area contributed by atoms with Crippen LogP contribution in [0, 0.1) is 5.92 Å². The molecule has 1 saturated carbocycles. The molecule has 0 radical (unpaired) electrons. The Balaban J connectivity index is 1.86. The number of hydrogen-bond donors (Lipinski definition) is 1. The Hall–Kier alpha value is -1.06. The van der Waals surface area contributed by atoms with Crippen LogP contribution >= 0.6 is 0 Å². The number of nitrogens with two attached hydrogens (primary N) is 1. The molecule has 0 saturated heterocycles. The molecule has 0 aromatic heterocycles. The average Bonchev–Trinajstić information content (AvgIpc) is 2.42. The molecule has 2 N–H and O–H groups in total. The van der Waals surface area contributed by atoms with Gasteiger partial charge in [-0.2, -0.15) is 0 Å². The Bertz CT molecular complexity index is 386. The predicted octanol–water partition coefficient (Wildman–Crippen LogP) is 3.21. The normalized spacial score (nSPS) is 17.0. The van der Waals surface area contributed by atoms with Gasteiger partial charge in [0.25, 0.3) is 0 Å². The van der Waals surface area contributed by atoms with Crippen molar-refractivity contribution in [2.75, 3.05) is 26.2 Å². The quantitative estimate of drug-likeness (QED) is 0.792. The van der Waals surface area contributed by atoms with Gasteiger partial charge in [-0.1, -0.05) is 25.5 Å². The molecule has 0 heterocycles. The first-order valence-corrected chi connectivity index (χ1v) is 7.93. The third-order valence-corrected chi connectivity index (χ3v) is 4.26. The number of nitrogens with zero attached hydrogens (tertiary/aromatic N) is 1. The molecule has 1 unspecified atom stereocenters. The summed E-state index contributed by atoms with van der Waals surface area (Å²) in [5, 5.41) is 0. The summed E-state index contributed by atoms with van der Waals surface area (Å²) >= 11 is 0. The fourth-order valence-corrected chi connectivity index (χ4v) is 2.73. The van der Waals surface area contributed by atoms with E-state index in [1.54, 1.807) is 0 Å². The van der Waals surface area contributed by atoms with Crippen molar-refractivity contribution < 1.29 is 4.74 Å². The SMILES string of the molecule is CCOc1ccc(C(N)CN(CC)CC2CCC2)cc1. The van der Waals surface area contributed by atoms with Crippen molar-refractivity contribution in [2.24, 2.45) is 11.7 Å². The molecule has 20 heavy (non-hydrogen) atoms. The summed E-state index contributed by atoms with van der Waals surface area (Å²) in [6.45, 7) is 8.17. The highest BCUT2D eigenvalue weighted by Gasteiger charge is 2.21. The van der Waals surface area contributed by atoms with Gasteiger partial charge in [0.15, 0.2) is 0 Å². The standard InChI is InChI=1S/C17H28N2O/c1-3-19(12-14-6-5-7-14)13-17(18)15-8-10-16(11-9-15)20-4-2/h8-11,14,17H,3-7,12-13,18H2,1-2H3. The Morgan fingerprint density at radius 3 is 2.45 bits per heavy atom. The molecule has 1 aromatic rings. The van der Waals surface area contributed by atoms with Crippen LogP contribution in [-0.4, -0.2) is 31.1 Å². The van der Waals surface area contributed by atoms with Crippen LogP contribution < -0.4 is 10.5 Å². The zero-order valence-corrected chi connectivity index (χ0v) is 12.8. The fraction of sp³-hybridized carbons (Fsp3) is 0.647. The van der Waals surface area contributed by atoms with Crippen molar-refractivity contribution in [1.29, 1.82) is 0 Å². The maximum Gasteiger partial charge on any atom is 0.119 e. The number of benzene rings is 1. The van der Waals surface area contributed by atoms with Gasteiger partial charge in [0, 0.05) is 19.1 Å². The Morgan fingerprint density at radius 1 is 1.25 bits per heavy atom. The van der Waals surface area contributed by atoms with E-state index in [1.807, 2.05) is 19.1 Å². The van der Waals surface area contributed by atoms with Crippen LogP contribution in [0.2, 0.25) is 0 Å². The van der Waals surface area contributed by atoms with Crippen LogP contribution in [0.1, 0.15) is 44.7 Å². The molecule has 3 heteroatoms. The smallest absolute Gasteiger partial charge is 0.119 e. The lowest BCUT2D eigenvalue weighted by Gasteiger charge is -2.33. The zero-order valence-electron chi connectivity index (χ0n) is 12.8. The van der Waals surface area contributed by atoms with Crippen LogP contribution in [0.4, 0.5) is 0 Å². The minimum atomic E-state index is 0.0886. The summed E-state index contributed by atoms with van der Waals surface area (Å²) in [6.07, 6.45) is 4.21. The van der Waals surface area contributed by atoms with Gasteiger partial charge in [0.05, 0.1) is 6.61 Å². The summed E-state index contributed by atoms with van der Waals surface area (Å²) < 4.78 is 5.47. The van der Waals surface area contributed by atoms with E-state index in [0.29, 0.717) is 6.61 Å². The summed E-state index contributed by atoms with van der Waals surface area (Å²) in [5.74, 6) is 1.83. The lowest BCUT2D eigenvalue weighted by Crippen LogP contribution is -2.37. The summed E-state index contributed by atoms with van der Waals surface area (Å²) in [6, 6.07) is 8.30. The summed E-state index contributed by atoms with van der Waals surface area (Å²) in [4.78, 5) is 2.49. The average molecular weight is 276 g/mol. The van der Waals surface area contributed by atoms with Gasteiger partial charge in [-0.25, -0.2) is 0 Å². The minimum Gasteiger partial charge on any atom is -0.494 e. The highest BCUT2D eigenvalue weighted by Crippen LogP contribution is 2.27. The minimum absolute atomic E-state index is 0.0886. The van der Waals surface area contributed by atoms with E-state index >= 15 is 0 Å². The highest BCUT2D eigenvalue weighted by molar-refractivity contribution is 5.29. The molecule has 1 aromatic carbocycles. The Labute approximate surface area is 123 Å². The topological polar surface area (TPSA) is 38.5 Å². The van der Waals surface area contributed by atoms with Gasteiger partial charge in [0.1, 0.15) is 5.75 Å². The second-order valence-corrected chi connectivity index (χ2v) is 5.76. The van der Waals surface area contributed by atoms with Gasteiger partial charge >= 0.3 is 0 Å². The van der Waals surface area contributed by atoms with E-state index in [2.05, 4.69) is 24.0 Å². The summed E-state index contributed by atoms with van der Waals surface area (Å²) in [7, 11) is 0. The van der Waals surface area contributed by atoms with Crippen molar-refractivity contribution in [3.63, 3.8) is 0 Å². The van der Waals surface area contributed by atoms with E-state index in [4.69, 9.17) is 10.5 Å². The third-order valence-electron chi connectivity index (χ3n) is 4.26. The molecule has 2 rings (SSSR count). The molecule has 0 aliphatic heterocycles. The number of likely N-dealkylation sites (N-methyl/N-ethyl adjacent to an activating group) is 1. The van der Waals surface area contributed by atoms with Crippen molar-refractivity contribution in [1.82, 2.24) is 4.90 Å². The van der Waals surface area contributed by atoms with E-state index in [1.165, 1.54) is 31.4 Å². The number of ether oxygens (including phenoxy) is 1. The van der Waals surface area contributed by atoms with E-state index in [-0.39, 0.29) is 6.04 Å². The molecule has 0 amide bonds. The molecule has 3 nitrogen and oxygen atoms in total. The fourth-order valence-electron chi connectivity index (χ4n) is 2.73. The van der Waals surface area contributed by atoms with Crippen LogP contribution in [-0.2, 0) is 0 Å². The van der Waals surface area contributed by atoms with Crippen LogP contribution in [0.25, 0.3) is 0 Å². The van der Waals surface area contributed by atoms with Gasteiger partial charge in [-0.15, -0.1) is 0 Å². The number of hydrogen-bond acceptors (Lipinski definition) is 3. The van der Waals surface area contributed by atoms with E-state index in [0.717, 1.165) is 24.8 Å². The van der Waals surface area contributed by atoms with Gasteiger partial charge in [-0.05, 0) is 49.9 Å². The molecular formula is C17H28N2O. The molecule has 112 valence electrons. The monoisotopic (exact) mass is 276 g/mol. The van der Waals surface area contributed by atoms with Gasteiger partial charge in [-0.3, -0.25) is 0 Å². The molecule has 1 aliphatic rings. The van der Waals surface area contributed by atoms with Crippen LogP contribution in [0.5, 0.6) is 5.75 Å². The molecular weight excluding hydrogens is 248 g/mol. The second-order valence-electron chi connectivity index (χ2n) is 5.76. The van der Waals surface area contributed by atoms with Crippen LogP contribution in [0.15, 0.2) is 24.3 Å². The first-order chi connectivity index (χ1) is 9.72. The lowest BCUT2D eigenvalue weighted by atomic mass is 9.85. The lowest BCUT2D eigenvalue weighted by molar-refractivity contribution is 0.176. The van der Waals surface area contributed by atoms with Crippen molar-refractivity contribution >= 4 is 0 Å². The van der Waals surface area contributed by atoms with Crippen molar-refractivity contribution in [2.45, 2.75) is 39.2 Å². The first-order valence-electron chi connectivity index (χ1n) is 7.93. The van der Waals surface area contributed by atoms with Crippen LogP contribution in [0.3, 0.4) is 0 Å². The first kappa shape index (κ1) is 15.3. The maximum absolute atomic E-state index is 6.35. The molecule has 0 spiro atoms. The maximum atomic E-state index is 6.35. The molecule has 0 bridgehead atoms. The largest absolute Gasteiger partial charge is 0.494 e. The van der Waals surface area contributed by atoms with E-state index < -0.39 is 0 Å². The number of rotatable bonds is 8. The highest BCUT2D eigenvalue weighted by atomic mass is 16.5. The second kappa shape index (κ2) is 7.65. The van der Waals surface area contributed by atoms with Crippen molar-refractivity contribution in [3.8, 4) is 5.75 Å². The van der Waals surface area contributed by atoms with Crippen molar-refractivity contribution in [3.05, 3.63) is 29.8 Å². The van der Waals surface area contributed by atoms with Gasteiger partial charge in [0.2, 0.25) is 0 Å². The predicted molar refractivity (Wildman–Crippen MR) is 84.0 cm³/mol. The van der Waals surface area contributed by atoms with E-state index in [9.17, 15) is 0 Å².